The lowest BCUT2D eigenvalue weighted by Crippen LogP contribution is -2.39. The summed E-state index contributed by atoms with van der Waals surface area (Å²) in [5.74, 6) is 1.65. The van der Waals surface area contributed by atoms with E-state index in [9.17, 15) is 0 Å². The Hall–Kier alpha value is -0.530. The summed E-state index contributed by atoms with van der Waals surface area (Å²) in [4.78, 5) is 0. The first kappa shape index (κ1) is 10.0. The minimum atomic E-state index is 0.630. The summed E-state index contributed by atoms with van der Waals surface area (Å²) in [6, 6.07) is 0.630. The van der Waals surface area contributed by atoms with Gasteiger partial charge in [0.05, 0.1) is 5.84 Å². The molecular weight excluding hydrogens is 172 g/mol. The SMILES string of the molecule is N=C1CCCCC(C2CCCCC2)N1. The first-order valence-electron chi connectivity index (χ1n) is 6.20. The van der Waals surface area contributed by atoms with Crippen LogP contribution in [-0.4, -0.2) is 11.9 Å². The summed E-state index contributed by atoms with van der Waals surface area (Å²) in [6.45, 7) is 0. The number of hydrogen-bond donors (Lipinski definition) is 2. The van der Waals surface area contributed by atoms with Crippen LogP contribution in [0.2, 0.25) is 0 Å². The average Bonchev–Trinajstić information content (AvgIpc) is 2.44. The third kappa shape index (κ3) is 2.49. The van der Waals surface area contributed by atoms with E-state index < -0.39 is 0 Å². The maximum atomic E-state index is 7.77. The first-order valence-corrected chi connectivity index (χ1v) is 6.20. The third-order valence-corrected chi connectivity index (χ3v) is 3.77. The molecule has 1 heterocycles. The Morgan fingerprint density at radius 2 is 1.64 bits per heavy atom. The number of rotatable bonds is 1. The topological polar surface area (TPSA) is 35.9 Å². The molecule has 2 heteroatoms. The Kier molecular flexibility index (Phi) is 3.44. The standard InChI is InChI=1S/C12H22N2/c13-12-9-5-4-8-11(14-12)10-6-2-1-3-7-10/h10-11H,1-9H2,(H2,13,14). The lowest BCUT2D eigenvalue weighted by molar-refractivity contribution is 0.278. The molecule has 2 fully saturated rings. The number of nitrogens with one attached hydrogen (secondary N) is 2. The number of amidine groups is 1. The van der Waals surface area contributed by atoms with Gasteiger partial charge in [-0.25, -0.2) is 0 Å². The number of hydrogen-bond acceptors (Lipinski definition) is 1. The lowest BCUT2D eigenvalue weighted by atomic mass is 9.82. The molecule has 0 aromatic rings. The van der Waals surface area contributed by atoms with Crippen molar-refractivity contribution < 1.29 is 0 Å². The fraction of sp³-hybridized carbons (Fsp3) is 0.917. The maximum absolute atomic E-state index is 7.77. The fourth-order valence-corrected chi connectivity index (χ4v) is 2.92. The summed E-state index contributed by atoms with van der Waals surface area (Å²) >= 11 is 0. The fourth-order valence-electron chi connectivity index (χ4n) is 2.92. The zero-order valence-electron chi connectivity index (χ0n) is 9.02. The van der Waals surface area contributed by atoms with Crippen LogP contribution in [0.1, 0.15) is 57.8 Å². The van der Waals surface area contributed by atoms with E-state index in [4.69, 9.17) is 5.41 Å². The highest BCUT2D eigenvalue weighted by atomic mass is 15.0. The van der Waals surface area contributed by atoms with Crippen molar-refractivity contribution in [3.05, 3.63) is 0 Å². The van der Waals surface area contributed by atoms with E-state index in [0.717, 1.165) is 18.2 Å². The Labute approximate surface area is 87.0 Å². The van der Waals surface area contributed by atoms with Crippen LogP contribution in [0.5, 0.6) is 0 Å². The van der Waals surface area contributed by atoms with Crippen molar-refractivity contribution in [2.75, 3.05) is 0 Å². The highest BCUT2D eigenvalue weighted by Gasteiger charge is 2.25. The molecule has 0 aromatic heterocycles. The highest BCUT2D eigenvalue weighted by molar-refractivity contribution is 5.79. The Balaban J connectivity index is 1.90. The molecule has 1 atom stereocenters. The van der Waals surface area contributed by atoms with Crippen LogP contribution in [-0.2, 0) is 0 Å². The minimum absolute atomic E-state index is 0.630. The van der Waals surface area contributed by atoms with Gasteiger partial charge in [-0.3, -0.25) is 5.41 Å². The predicted octanol–water partition coefficient (Wildman–Crippen LogP) is 3.08. The van der Waals surface area contributed by atoms with Crippen molar-refractivity contribution in [2.24, 2.45) is 5.92 Å². The summed E-state index contributed by atoms with van der Waals surface area (Å²) in [7, 11) is 0. The van der Waals surface area contributed by atoms with Crippen LogP contribution < -0.4 is 5.32 Å². The molecule has 0 bridgehead atoms. The zero-order chi connectivity index (χ0) is 9.80. The Bertz CT molecular complexity index is 194. The molecular formula is C12H22N2. The Morgan fingerprint density at radius 1 is 0.929 bits per heavy atom. The molecule has 0 spiro atoms. The van der Waals surface area contributed by atoms with Crippen LogP contribution in [0, 0.1) is 11.3 Å². The van der Waals surface area contributed by atoms with Gasteiger partial charge in [0.15, 0.2) is 0 Å². The van der Waals surface area contributed by atoms with Crippen molar-refractivity contribution >= 4 is 5.84 Å². The predicted molar refractivity (Wildman–Crippen MR) is 59.7 cm³/mol. The van der Waals surface area contributed by atoms with Gasteiger partial charge in [-0.15, -0.1) is 0 Å². The van der Waals surface area contributed by atoms with Gasteiger partial charge in [0.25, 0.3) is 0 Å². The minimum Gasteiger partial charge on any atom is -0.371 e. The van der Waals surface area contributed by atoms with E-state index in [-0.39, 0.29) is 0 Å². The second-order valence-corrected chi connectivity index (χ2v) is 4.87. The van der Waals surface area contributed by atoms with Gasteiger partial charge >= 0.3 is 0 Å². The second-order valence-electron chi connectivity index (χ2n) is 4.87. The molecule has 0 aromatic carbocycles. The smallest absolute Gasteiger partial charge is 0.0933 e. The van der Waals surface area contributed by atoms with E-state index in [1.807, 2.05) is 0 Å². The molecule has 1 aliphatic carbocycles. The largest absolute Gasteiger partial charge is 0.371 e. The van der Waals surface area contributed by atoms with E-state index in [1.165, 1.54) is 51.4 Å². The van der Waals surface area contributed by atoms with Crippen molar-refractivity contribution in [1.29, 1.82) is 5.41 Å². The molecule has 1 unspecified atom stereocenters. The van der Waals surface area contributed by atoms with E-state index in [1.54, 1.807) is 0 Å². The third-order valence-electron chi connectivity index (χ3n) is 3.77. The Morgan fingerprint density at radius 3 is 2.43 bits per heavy atom. The average molecular weight is 194 g/mol. The molecule has 1 saturated heterocycles. The molecule has 1 saturated carbocycles. The second kappa shape index (κ2) is 4.81. The molecule has 1 aliphatic heterocycles. The highest BCUT2D eigenvalue weighted by Crippen LogP contribution is 2.29. The van der Waals surface area contributed by atoms with Crippen molar-refractivity contribution in [3.8, 4) is 0 Å². The first-order chi connectivity index (χ1) is 6.86. The van der Waals surface area contributed by atoms with Crippen LogP contribution in [0.4, 0.5) is 0 Å². The van der Waals surface area contributed by atoms with Gasteiger partial charge < -0.3 is 5.32 Å². The normalized spacial score (nSPS) is 30.9. The molecule has 2 aliphatic rings. The summed E-state index contributed by atoms with van der Waals surface area (Å²) in [6.07, 6.45) is 11.9. The van der Waals surface area contributed by atoms with Gasteiger partial charge in [0, 0.05) is 12.5 Å². The van der Waals surface area contributed by atoms with Crippen molar-refractivity contribution in [3.63, 3.8) is 0 Å². The quantitative estimate of drug-likeness (QED) is 0.661. The molecule has 2 rings (SSSR count). The molecule has 80 valence electrons. The van der Waals surface area contributed by atoms with Gasteiger partial charge in [-0.1, -0.05) is 25.7 Å². The van der Waals surface area contributed by atoms with Crippen LogP contribution in [0.3, 0.4) is 0 Å². The van der Waals surface area contributed by atoms with Crippen LogP contribution >= 0.6 is 0 Å². The molecule has 14 heavy (non-hydrogen) atoms. The maximum Gasteiger partial charge on any atom is 0.0933 e. The summed E-state index contributed by atoms with van der Waals surface area (Å²) in [5, 5.41) is 11.2. The zero-order valence-corrected chi connectivity index (χ0v) is 9.02. The van der Waals surface area contributed by atoms with Crippen molar-refractivity contribution in [1.82, 2.24) is 5.32 Å². The van der Waals surface area contributed by atoms with Gasteiger partial charge in [-0.05, 0) is 31.6 Å². The van der Waals surface area contributed by atoms with Gasteiger partial charge in [0.2, 0.25) is 0 Å². The monoisotopic (exact) mass is 194 g/mol. The molecule has 0 radical (unpaired) electrons. The summed E-state index contributed by atoms with van der Waals surface area (Å²) < 4.78 is 0. The molecule has 0 amide bonds. The van der Waals surface area contributed by atoms with E-state index >= 15 is 0 Å². The lowest BCUT2D eigenvalue weighted by Gasteiger charge is -2.30. The van der Waals surface area contributed by atoms with Gasteiger partial charge in [0.1, 0.15) is 0 Å². The summed E-state index contributed by atoms with van der Waals surface area (Å²) in [5.41, 5.74) is 0. The molecule has 2 N–H and O–H groups in total. The van der Waals surface area contributed by atoms with Crippen LogP contribution in [0.25, 0.3) is 0 Å². The van der Waals surface area contributed by atoms with Crippen molar-refractivity contribution in [2.45, 2.75) is 63.8 Å². The van der Waals surface area contributed by atoms with Crippen LogP contribution in [0.15, 0.2) is 0 Å². The molecule has 2 nitrogen and oxygen atoms in total. The van der Waals surface area contributed by atoms with E-state index in [0.29, 0.717) is 6.04 Å². The van der Waals surface area contributed by atoms with E-state index in [2.05, 4.69) is 5.32 Å². The van der Waals surface area contributed by atoms with Gasteiger partial charge in [-0.2, -0.15) is 0 Å².